The summed E-state index contributed by atoms with van der Waals surface area (Å²) in [7, 11) is 0. The van der Waals surface area contributed by atoms with Gasteiger partial charge in [0.15, 0.2) is 0 Å². The standard InChI is InChI=1S/C13H15FN2O2/c14-10-3-1-9(2-4-10)13(6-7-13)12(18)16-8-5-11(15)17/h1-4H,5-8H2,(H2,15,17)(H,16,18). The third-order valence-corrected chi connectivity index (χ3v) is 3.24. The summed E-state index contributed by atoms with van der Waals surface area (Å²) >= 11 is 0. The van der Waals surface area contributed by atoms with Gasteiger partial charge in [-0.25, -0.2) is 4.39 Å². The van der Waals surface area contributed by atoms with Crippen LogP contribution in [0.4, 0.5) is 4.39 Å². The van der Waals surface area contributed by atoms with E-state index in [2.05, 4.69) is 5.32 Å². The van der Waals surface area contributed by atoms with Gasteiger partial charge in [-0.15, -0.1) is 0 Å². The molecule has 96 valence electrons. The first-order chi connectivity index (χ1) is 8.54. The summed E-state index contributed by atoms with van der Waals surface area (Å²) in [5.41, 5.74) is 5.28. The van der Waals surface area contributed by atoms with Crippen LogP contribution in [0.5, 0.6) is 0 Å². The molecular weight excluding hydrogens is 235 g/mol. The topological polar surface area (TPSA) is 72.2 Å². The van der Waals surface area contributed by atoms with Crippen LogP contribution in [0, 0.1) is 5.82 Å². The van der Waals surface area contributed by atoms with E-state index in [1.807, 2.05) is 0 Å². The quantitative estimate of drug-likeness (QED) is 0.813. The molecule has 0 aliphatic heterocycles. The third-order valence-electron chi connectivity index (χ3n) is 3.24. The van der Waals surface area contributed by atoms with Crippen molar-refractivity contribution in [1.82, 2.24) is 5.32 Å². The molecule has 1 aromatic carbocycles. The van der Waals surface area contributed by atoms with E-state index >= 15 is 0 Å². The zero-order valence-electron chi connectivity index (χ0n) is 9.91. The van der Waals surface area contributed by atoms with Gasteiger partial charge in [0.2, 0.25) is 11.8 Å². The van der Waals surface area contributed by atoms with Crippen molar-refractivity contribution in [2.24, 2.45) is 5.73 Å². The van der Waals surface area contributed by atoms with Crippen molar-refractivity contribution in [2.75, 3.05) is 6.54 Å². The fourth-order valence-electron chi connectivity index (χ4n) is 2.01. The van der Waals surface area contributed by atoms with Crippen LogP contribution >= 0.6 is 0 Å². The van der Waals surface area contributed by atoms with Gasteiger partial charge in [0, 0.05) is 13.0 Å². The summed E-state index contributed by atoms with van der Waals surface area (Å²) in [6, 6.07) is 5.98. The van der Waals surface area contributed by atoms with Gasteiger partial charge in [0.1, 0.15) is 5.82 Å². The SMILES string of the molecule is NC(=O)CCNC(=O)C1(c2ccc(F)cc2)CC1. The van der Waals surface area contributed by atoms with E-state index in [1.54, 1.807) is 12.1 Å². The van der Waals surface area contributed by atoms with E-state index in [1.165, 1.54) is 12.1 Å². The van der Waals surface area contributed by atoms with E-state index in [0.717, 1.165) is 18.4 Å². The second-order valence-corrected chi connectivity index (χ2v) is 4.56. The highest BCUT2D eigenvalue weighted by Gasteiger charge is 2.50. The van der Waals surface area contributed by atoms with Crippen molar-refractivity contribution in [2.45, 2.75) is 24.7 Å². The molecule has 0 saturated heterocycles. The average molecular weight is 250 g/mol. The average Bonchev–Trinajstić information content (AvgIpc) is 3.10. The summed E-state index contributed by atoms with van der Waals surface area (Å²) < 4.78 is 12.8. The summed E-state index contributed by atoms with van der Waals surface area (Å²) in [5, 5.41) is 2.70. The van der Waals surface area contributed by atoms with Crippen molar-refractivity contribution in [3.05, 3.63) is 35.6 Å². The number of rotatable bonds is 5. The van der Waals surface area contributed by atoms with E-state index in [9.17, 15) is 14.0 Å². The molecule has 1 fully saturated rings. The molecule has 2 amide bonds. The number of primary amides is 1. The number of amides is 2. The Kier molecular flexibility index (Phi) is 3.32. The lowest BCUT2D eigenvalue weighted by atomic mass is 9.95. The van der Waals surface area contributed by atoms with Gasteiger partial charge >= 0.3 is 0 Å². The first kappa shape index (κ1) is 12.5. The number of nitrogens with one attached hydrogen (secondary N) is 1. The van der Waals surface area contributed by atoms with Crippen LogP contribution in [0.2, 0.25) is 0 Å². The normalized spacial score (nSPS) is 16.1. The zero-order chi connectivity index (χ0) is 13.2. The van der Waals surface area contributed by atoms with Crippen LogP contribution in [-0.4, -0.2) is 18.4 Å². The lowest BCUT2D eigenvalue weighted by Gasteiger charge is -2.15. The number of carbonyl (C=O) groups is 2. The Balaban J connectivity index is 2.00. The van der Waals surface area contributed by atoms with Gasteiger partial charge in [0.25, 0.3) is 0 Å². The Morgan fingerprint density at radius 1 is 1.28 bits per heavy atom. The van der Waals surface area contributed by atoms with Crippen LogP contribution in [0.25, 0.3) is 0 Å². The zero-order valence-corrected chi connectivity index (χ0v) is 9.91. The predicted octanol–water partition coefficient (Wildman–Crippen LogP) is 0.849. The van der Waals surface area contributed by atoms with Gasteiger partial charge in [-0.05, 0) is 30.5 Å². The fourth-order valence-corrected chi connectivity index (χ4v) is 2.01. The highest BCUT2D eigenvalue weighted by molar-refractivity contribution is 5.91. The molecule has 0 spiro atoms. The lowest BCUT2D eigenvalue weighted by molar-refractivity contribution is -0.123. The van der Waals surface area contributed by atoms with Gasteiger partial charge in [0.05, 0.1) is 5.41 Å². The molecule has 4 nitrogen and oxygen atoms in total. The number of hydrogen-bond donors (Lipinski definition) is 2. The van der Waals surface area contributed by atoms with Crippen LogP contribution < -0.4 is 11.1 Å². The molecule has 1 aromatic rings. The first-order valence-electron chi connectivity index (χ1n) is 5.87. The monoisotopic (exact) mass is 250 g/mol. The minimum Gasteiger partial charge on any atom is -0.370 e. The molecule has 1 saturated carbocycles. The molecule has 0 radical (unpaired) electrons. The summed E-state index contributed by atoms with van der Waals surface area (Å²) in [5.74, 6) is -0.874. The van der Waals surface area contributed by atoms with E-state index in [4.69, 9.17) is 5.73 Å². The van der Waals surface area contributed by atoms with Crippen molar-refractivity contribution < 1.29 is 14.0 Å². The smallest absolute Gasteiger partial charge is 0.230 e. The van der Waals surface area contributed by atoms with Crippen molar-refractivity contribution in [3.63, 3.8) is 0 Å². The molecule has 3 N–H and O–H groups in total. The fraction of sp³-hybridized carbons (Fsp3) is 0.385. The number of halogens is 1. The molecule has 1 aliphatic carbocycles. The van der Waals surface area contributed by atoms with Crippen LogP contribution in [0.15, 0.2) is 24.3 Å². The maximum absolute atomic E-state index is 12.8. The maximum atomic E-state index is 12.8. The van der Waals surface area contributed by atoms with Crippen LogP contribution in [0.1, 0.15) is 24.8 Å². The molecule has 0 bridgehead atoms. The second-order valence-electron chi connectivity index (χ2n) is 4.56. The molecule has 1 aliphatic rings. The van der Waals surface area contributed by atoms with Crippen molar-refractivity contribution in [3.8, 4) is 0 Å². The van der Waals surface area contributed by atoms with E-state index in [0.29, 0.717) is 0 Å². The van der Waals surface area contributed by atoms with Gasteiger partial charge in [-0.3, -0.25) is 9.59 Å². The van der Waals surface area contributed by atoms with Crippen molar-refractivity contribution >= 4 is 11.8 Å². The Bertz CT molecular complexity index is 466. The summed E-state index contributed by atoms with van der Waals surface area (Å²) in [6.07, 6.45) is 1.63. The maximum Gasteiger partial charge on any atom is 0.230 e. The minimum absolute atomic E-state index is 0.115. The second kappa shape index (κ2) is 4.76. The van der Waals surface area contributed by atoms with Crippen LogP contribution in [0.3, 0.4) is 0 Å². The molecule has 5 heteroatoms. The van der Waals surface area contributed by atoms with Gasteiger partial charge < -0.3 is 11.1 Å². The number of nitrogens with two attached hydrogens (primary N) is 1. The lowest BCUT2D eigenvalue weighted by Crippen LogP contribution is -2.36. The van der Waals surface area contributed by atoms with Gasteiger partial charge in [-0.2, -0.15) is 0 Å². The highest BCUT2D eigenvalue weighted by atomic mass is 19.1. The number of carbonyl (C=O) groups excluding carboxylic acids is 2. The molecular formula is C13H15FN2O2. The minimum atomic E-state index is -0.536. The molecule has 0 unspecified atom stereocenters. The van der Waals surface area contributed by atoms with E-state index in [-0.39, 0.29) is 24.7 Å². The van der Waals surface area contributed by atoms with E-state index < -0.39 is 11.3 Å². The highest BCUT2D eigenvalue weighted by Crippen LogP contribution is 2.48. The first-order valence-corrected chi connectivity index (χ1v) is 5.87. The number of benzene rings is 1. The Morgan fingerprint density at radius 2 is 1.89 bits per heavy atom. The summed E-state index contributed by atoms with van der Waals surface area (Å²) in [4.78, 5) is 22.6. The third kappa shape index (κ3) is 2.50. The Hall–Kier alpha value is -1.91. The molecule has 2 rings (SSSR count). The van der Waals surface area contributed by atoms with Gasteiger partial charge in [-0.1, -0.05) is 12.1 Å². The molecule has 18 heavy (non-hydrogen) atoms. The summed E-state index contributed by atoms with van der Waals surface area (Å²) in [6.45, 7) is 0.247. The molecule has 0 heterocycles. The van der Waals surface area contributed by atoms with Crippen molar-refractivity contribution in [1.29, 1.82) is 0 Å². The molecule has 0 aromatic heterocycles. The predicted molar refractivity (Wildman–Crippen MR) is 64.1 cm³/mol. The molecule has 0 atom stereocenters. The Labute approximate surface area is 104 Å². The number of hydrogen-bond acceptors (Lipinski definition) is 2. The Morgan fingerprint density at radius 3 is 2.39 bits per heavy atom. The largest absolute Gasteiger partial charge is 0.370 e. The van der Waals surface area contributed by atoms with Crippen LogP contribution in [-0.2, 0) is 15.0 Å².